The molecule has 0 aromatic heterocycles. The Hall–Kier alpha value is -0.0400. The van der Waals surface area contributed by atoms with Crippen molar-refractivity contribution in [2.24, 2.45) is 5.92 Å². The molecule has 0 fully saturated rings. The van der Waals surface area contributed by atoms with Crippen LogP contribution in [0.25, 0.3) is 0 Å². The van der Waals surface area contributed by atoms with Gasteiger partial charge in [0.05, 0.1) is 0 Å². The quantitative estimate of drug-likeness (QED) is 0.609. The Morgan fingerprint density at radius 3 is 1.85 bits per heavy atom. The molecule has 0 amide bonds. The third-order valence-electron chi connectivity index (χ3n) is 2.74. The second-order valence-corrected chi connectivity index (χ2v) is 4.08. The highest BCUT2D eigenvalue weighted by Crippen LogP contribution is 2.17. The van der Waals surface area contributed by atoms with E-state index in [0.29, 0.717) is 6.04 Å². The Morgan fingerprint density at radius 2 is 1.46 bits per heavy atom. The summed E-state index contributed by atoms with van der Waals surface area (Å²) < 4.78 is 0. The molecule has 13 heavy (non-hydrogen) atoms. The highest BCUT2D eigenvalue weighted by atomic mass is 14.9. The van der Waals surface area contributed by atoms with Crippen LogP contribution in [-0.4, -0.2) is 12.6 Å². The van der Waals surface area contributed by atoms with Gasteiger partial charge in [0.2, 0.25) is 0 Å². The van der Waals surface area contributed by atoms with Crippen LogP contribution >= 0.6 is 0 Å². The Morgan fingerprint density at radius 1 is 0.923 bits per heavy atom. The first-order valence-electron chi connectivity index (χ1n) is 5.99. The topological polar surface area (TPSA) is 12.0 Å². The number of nitrogens with one attached hydrogen (secondary N) is 1. The van der Waals surface area contributed by atoms with E-state index in [2.05, 4.69) is 33.0 Å². The van der Waals surface area contributed by atoms with E-state index in [4.69, 9.17) is 0 Å². The van der Waals surface area contributed by atoms with Gasteiger partial charge in [-0.3, -0.25) is 0 Å². The molecular weight excluding hydrogens is 158 g/mol. The lowest BCUT2D eigenvalue weighted by Crippen LogP contribution is -2.34. The van der Waals surface area contributed by atoms with Gasteiger partial charge >= 0.3 is 0 Å². The van der Waals surface area contributed by atoms with Gasteiger partial charge in [-0.15, -0.1) is 0 Å². The van der Waals surface area contributed by atoms with E-state index < -0.39 is 0 Å². The van der Waals surface area contributed by atoms with Crippen molar-refractivity contribution in [3.05, 3.63) is 0 Å². The van der Waals surface area contributed by atoms with E-state index in [9.17, 15) is 0 Å². The van der Waals surface area contributed by atoms with Crippen LogP contribution in [0.3, 0.4) is 0 Å². The number of rotatable bonds is 8. The fraction of sp³-hybridized carbons (Fsp3) is 1.00. The van der Waals surface area contributed by atoms with Crippen LogP contribution in [-0.2, 0) is 0 Å². The lowest BCUT2D eigenvalue weighted by Gasteiger charge is -2.24. The van der Waals surface area contributed by atoms with E-state index in [1.165, 1.54) is 38.6 Å². The molecule has 0 aliphatic carbocycles. The Kier molecular flexibility index (Phi) is 8.53. The van der Waals surface area contributed by atoms with Crippen LogP contribution in [0, 0.1) is 5.92 Å². The average molecular weight is 185 g/mol. The van der Waals surface area contributed by atoms with Crippen LogP contribution in [0.1, 0.15) is 59.8 Å². The highest BCUT2D eigenvalue weighted by molar-refractivity contribution is 4.71. The molecule has 0 spiro atoms. The van der Waals surface area contributed by atoms with Gasteiger partial charge in [0.1, 0.15) is 0 Å². The maximum absolute atomic E-state index is 3.60. The second-order valence-electron chi connectivity index (χ2n) is 4.08. The van der Waals surface area contributed by atoms with Gasteiger partial charge in [-0.2, -0.15) is 0 Å². The molecule has 0 aliphatic heterocycles. The van der Waals surface area contributed by atoms with Gasteiger partial charge in [0, 0.05) is 6.04 Å². The first-order chi connectivity index (χ1) is 6.26. The zero-order valence-corrected chi connectivity index (χ0v) is 9.90. The zero-order chi connectivity index (χ0) is 10.1. The molecule has 1 unspecified atom stereocenters. The van der Waals surface area contributed by atoms with Crippen LogP contribution in [0.5, 0.6) is 0 Å². The maximum atomic E-state index is 3.60. The predicted molar refractivity (Wildman–Crippen MR) is 61.1 cm³/mol. The lowest BCUT2D eigenvalue weighted by molar-refractivity contribution is 0.329. The van der Waals surface area contributed by atoms with Crippen molar-refractivity contribution in [2.45, 2.75) is 65.8 Å². The number of hydrogen-bond acceptors (Lipinski definition) is 1. The molecule has 0 aliphatic rings. The molecule has 0 bridgehead atoms. The van der Waals surface area contributed by atoms with Gasteiger partial charge in [-0.1, -0.05) is 33.6 Å². The van der Waals surface area contributed by atoms with Crippen molar-refractivity contribution in [1.82, 2.24) is 5.32 Å². The van der Waals surface area contributed by atoms with E-state index in [0.717, 1.165) is 5.92 Å². The zero-order valence-electron chi connectivity index (χ0n) is 9.90. The SMILES string of the molecule is CCCNC(C)C(CCC)CCC. The monoisotopic (exact) mass is 185 g/mol. The molecule has 1 atom stereocenters. The van der Waals surface area contributed by atoms with Gasteiger partial charge in [-0.25, -0.2) is 0 Å². The molecule has 80 valence electrons. The van der Waals surface area contributed by atoms with E-state index in [1.807, 2.05) is 0 Å². The van der Waals surface area contributed by atoms with E-state index in [-0.39, 0.29) is 0 Å². The van der Waals surface area contributed by atoms with E-state index >= 15 is 0 Å². The predicted octanol–water partition coefficient (Wildman–Crippen LogP) is 3.59. The average Bonchev–Trinajstić information content (AvgIpc) is 2.14. The summed E-state index contributed by atoms with van der Waals surface area (Å²) in [7, 11) is 0. The maximum Gasteiger partial charge on any atom is 0.00669 e. The summed E-state index contributed by atoms with van der Waals surface area (Å²) in [5.74, 6) is 0.890. The summed E-state index contributed by atoms with van der Waals surface area (Å²) in [6.45, 7) is 10.3. The number of hydrogen-bond donors (Lipinski definition) is 1. The van der Waals surface area contributed by atoms with Crippen LogP contribution in [0.2, 0.25) is 0 Å². The minimum atomic E-state index is 0.708. The van der Waals surface area contributed by atoms with Crippen molar-refractivity contribution < 1.29 is 0 Å². The molecule has 0 saturated heterocycles. The summed E-state index contributed by atoms with van der Waals surface area (Å²) in [5, 5.41) is 3.60. The van der Waals surface area contributed by atoms with Crippen LogP contribution in [0.15, 0.2) is 0 Å². The van der Waals surface area contributed by atoms with Crippen molar-refractivity contribution in [3.63, 3.8) is 0 Å². The lowest BCUT2D eigenvalue weighted by atomic mass is 9.91. The molecule has 0 radical (unpaired) electrons. The summed E-state index contributed by atoms with van der Waals surface area (Å²) in [6, 6.07) is 0.708. The largest absolute Gasteiger partial charge is 0.314 e. The fourth-order valence-electron chi connectivity index (χ4n) is 1.92. The molecule has 0 saturated carbocycles. The standard InChI is InChI=1S/C12H27N/c1-5-8-12(9-6-2)11(4)13-10-7-3/h11-13H,5-10H2,1-4H3. The Labute approximate surface area is 84.3 Å². The van der Waals surface area contributed by atoms with Gasteiger partial charge in [-0.05, 0) is 38.6 Å². The summed E-state index contributed by atoms with van der Waals surface area (Å²) in [4.78, 5) is 0. The molecule has 0 rings (SSSR count). The van der Waals surface area contributed by atoms with Crippen molar-refractivity contribution in [2.75, 3.05) is 6.54 Å². The molecule has 0 aromatic carbocycles. The minimum Gasteiger partial charge on any atom is -0.314 e. The van der Waals surface area contributed by atoms with Gasteiger partial charge < -0.3 is 5.32 Å². The Balaban J connectivity index is 3.72. The van der Waals surface area contributed by atoms with Crippen molar-refractivity contribution in [1.29, 1.82) is 0 Å². The van der Waals surface area contributed by atoms with Crippen LogP contribution in [0.4, 0.5) is 0 Å². The van der Waals surface area contributed by atoms with Crippen LogP contribution < -0.4 is 5.32 Å². The van der Waals surface area contributed by atoms with E-state index in [1.54, 1.807) is 0 Å². The molecule has 0 heterocycles. The molecule has 1 N–H and O–H groups in total. The smallest absolute Gasteiger partial charge is 0.00669 e. The molecular formula is C12H27N. The third-order valence-corrected chi connectivity index (χ3v) is 2.74. The van der Waals surface area contributed by atoms with Crippen molar-refractivity contribution in [3.8, 4) is 0 Å². The highest BCUT2D eigenvalue weighted by Gasteiger charge is 2.13. The minimum absolute atomic E-state index is 0.708. The summed E-state index contributed by atoms with van der Waals surface area (Å²) in [6.07, 6.45) is 6.65. The molecule has 1 heteroatoms. The first-order valence-corrected chi connectivity index (χ1v) is 5.99. The normalized spacial score (nSPS) is 13.6. The summed E-state index contributed by atoms with van der Waals surface area (Å²) >= 11 is 0. The van der Waals surface area contributed by atoms with Gasteiger partial charge in [0.15, 0.2) is 0 Å². The Bertz CT molecular complexity index is 95.3. The van der Waals surface area contributed by atoms with Crippen molar-refractivity contribution >= 4 is 0 Å². The molecule has 1 nitrogen and oxygen atoms in total. The fourth-order valence-corrected chi connectivity index (χ4v) is 1.92. The molecule has 0 aromatic rings. The second kappa shape index (κ2) is 8.55. The first kappa shape index (κ1) is 13.0. The summed E-state index contributed by atoms with van der Waals surface area (Å²) in [5.41, 5.74) is 0. The van der Waals surface area contributed by atoms with Gasteiger partial charge in [0.25, 0.3) is 0 Å². The third kappa shape index (κ3) is 6.09.